The van der Waals surface area contributed by atoms with Gasteiger partial charge in [-0.2, -0.15) is 0 Å². The summed E-state index contributed by atoms with van der Waals surface area (Å²) in [7, 11) is 1.60. The zero-order valence-electron chi connectivity index (χ0n) is 19.5. The maximum atomic E-state index is 13.2. The summed E-state index contributed by atoms with van der Waals surface area (Å²) in [5, 5.41) is 3.36. The number of amides is 2. The van der Waals surface area contributed by atoms with Crippen LogP contribution in [0.3, 0.4) is 0 Å². The van der Waals surface area contributed by atoms with Crippen LogP contribution in [0.2, 0.25) is 5.02 Å². The second kappa shape index (κ2) is 11.4. The Bertz CT molecular complexity index is 1230. The third kappa shape index (κ3) is 6.44. The molecule has 0 radical (unpaired) electrons. The lowest BCUT2D eigenvalue weighted by molar-refractivity contribution is -0.129. The summed E-state index contributed by atoms with van der Waals surface area (Å²) in [5.41, 5.74) is 3.33. The molecule has 1 fully saturated rings. The van der Waals surface area contributed by atoms with Crippen LogP contribution >= 0.6 is 23.4 Å². The predicted octanol–water partition coefficient (Wildman–Crippen LogP) is 5.86. The number of halogens is 1. The van der Waals surface area contributed by atoms with Gasteiger partial charge in [0.25, 0.3) is 0 Å². The number of hydrogen-bond acceptors (Lipinski definition) is 5. The second-order valence-electron chi connectivity index (χ2n) is 8.14. The highest BCUT2D eigenvalue weighted by atomic mass is 35.5. The van der Waals surface area contributed by atoms with Crippen molar-refractivity contribution in [1.29, 1.82) is 0 Å². The first kappa shape index (κ1) is 24.8. The van der Waals surface area contributed by atoms with E-state index in [2.05, 4.69) is 5.32 Å². The van der Waals surface area contributed by atoms with E-state index < -0.39 is 5.25 Å². The Kier molecular flexibility index (Phi) is 8.10. The molecule has 1 unspecified atom stereocenters. The van der Waals surface area contributed by atoms with Crippen molar-refractivity contribution in [2.24, 2.45) is 4.99 Å². The van der Waals surface area contributed by atoms with Crippen molar-refractivity contribution < 1.29 is 14.3 Å². The number of nitrogens with one attached hydrogen (secondary N) is 1. The van der Waals surface area contributed by atoms with Gasteiger partial charge in [-0.05, 0) is 60.9 Å². The Morgan fingerprint density at radius 1 is 1.14 bits per heavy atom. The molecule has 35 heavy (non-hydrogen) atoms. The lowest BCUT2D eigenvalue weighted by Crippen LogP contribution is -2.46. The molecular formula is C27H26ClN3O3S. The molecule has 3 aromatic carbocycles. The molecule has 1 saturated heterocycles. The van der Waals surface area contributed by atoms with Crippen LogP contribution in [0.4, 0.5) is 11.4 Å². The van der Waals surface area contributed by atoms with Gasteiger partial charge in [0.2, 0.25) is 11.8 Å². The first-order valence-corrected chi connectivity index (χ1v) is 12.5. The molecule has 1 atom stereocenters. The molecule has 1 aliphatic rings. The zero-order valence-corrected chi connectivity index (χ0v) is 21.1. The third-order valence-corrected chi connectivity index (χ3v) is 7.23. The minimum absolute atomic E-state index is 0.0898. The average molecular weight is 508 g/mol. The van der Waals surface area contributed by atoms with E-state index in [0.717, 1.165) is 16.9 Å². The number of aryl methyl sites for hydroxylation is 1. The standard InChI is InChI=1S/C27H26ClN3O3S/c1-18-8-9-21(16-23(18)28)29-26(33)24-17-25(32)31(15-14-19-6-4-3-5-7-19)27(35-24)30-20-10-12-22(34-2)13-11-20/h3-13,16,24H,14-15,17H2,1-2H3,(H,29,33). The Labute approximate surface area is 214 Å². The van der Waals surface area contributed by atoms with Crippen molar-refractivity contribution in [2.45, 2.75) is 25.0 Å². The molecule has 0 bridgehead atoms. The first-order valence-electron chi connectivity index (χ1n) is 11.2. The number of thioether (sulfide) groups is 1. The van der Waals surface area contributed by atoms with Crippen molar-refractivity contribution in [1.82, 2.24) is 4.90 Å². The van der Waals surface area contributed by atoms with Crippen LogP contribution in [0.25, 0.3) is 0 Å². The molecule has 1 N–H and O–H groups in total. The number of carbonyl (C=O) groups is 2. The quantitative estimate of drug-likeness (QED) is 0.435. The number of benzene rings is 3. The summed E-state index contributed by atoms with van der Waals surface area (Å²) in [6, 6.07) is 22.6. The molecule has 8 heteroatoms. The summed E-state index contributed by atoms with van der Waals surface area (Å²) in [6.07, 6.45) is 0.778. The van der Waals surface area contributed by atoms with Gasteiger partial charge in [-0.1, -0.05) is 59.8 Å². The average Bonchev–Trinajstić information content (AvgIpc) is 2.86. The Balaban J connectivity index is 1.55. The zero-order chi connectivity index (χ0) is 24.8. The maximum Gasteiger partial charge on any atom is 0.238 e. The Hall–Kier alpha value is -3.29. The van der Waals surface area contributed by atoms with Gasteiger partial charge in [-0.25, -0.2) is 4.99 Å². The third-order valence-electron chi connectivity index (χ3n) is 5.64. The maximum absolute atomic E-state index is 13.2. The molecule has 180 valence electrons. The number of ether oxygens (including phenoxy) is 1. The molecule has 6 nitrogen and oxygen atoms in total. The van der Waals surface area contributed by atoms with E-state index >= 15 is 0 Å². The van der Waals surface area contributed by atoms with Gasteiger partial charge in [-0.3, -0.25) is 14.5 Å². The molecule has 0 saturated carbocycles. The highest BCUT2D eigenvalue weighted by molar-refractivity contribution is 8.15. The van der Waals surface area contributed by atoms with E-state index in [1.807, 2.05) is 67.6 Å². The molecular weight excluding hydrogens is 482 g/mol. The summed E-state index contributed by atoms with van der Waals surface area (Å²) >= 11 is 7.50. The van der Waals surface area contributed by atoms with E-state index in [0.29, 0.717) is 34.5 Å². The van der Waals surface area contributed by atoms with Crippen molar-refractivity contribution >= 4 is 51.7 Å². The van der Waals surface area contributed by atoms with Crippen molar-refractivity contribution in [3.63, 3.8) is 0 Å². The summed E-state index contributed by atoms with van der Waals surface area (Å²) in [6.45, 7) is 2.38. The van der Waals surface area contributed by atoms with Gasteiger partial charge in [-0.15, -0.1) is 0 Å². The summed E-state index contributed by atoms with van der Waals surface area (Å²) < 4.78 is 5.23. The fourth-order valence-electron chi connectivity index (χ4n) is 3.61. The van der Waals surface area contributed by atoms with Crippen molar-refractivity contribution in [2.75, 3.05) is 19.0 Å². The lowest BCUT2D eigenvalue weighted by atomic mass is 10.1. The van der Waals surface area contributed by atoms with Gasteiger partial charge < -0.3 is 10.1 Å². The normalized spacial score (nSPS) is 16.9. The van der Waals surface area contributed by atoms with E-state index in [9.17, 15) is 9.59 Å². The molecule has 3 aromatic rings. The lowest BCUT2D eigenvalue weighted by Gasteiger charge is -2.32. The number of amidine groups is 1. The number of anilines is 1. The van der Waals surface area contributed by atoms with Crippen LogP contribution in [-0.4, -0.2) is 40.8 Å². The highest BCUT2D eigenvalue weighted by Crippen LogP contribution is 2.31. The van der Waals surface area contributed by atoms with E-state index in [1.165, 1.54) is 11.8 Å². The Morgan fingerprint density at radius 2 is 1.89 bits per heavy atom. The van der Waals surface area contributed by atoms with Crippen LogP contribution in [0.15, 0.2) is 77.8 Å². The van der Waals surface area contributed by atoms with Gasteiger partial charge in [0.05, 0.1) is 12.8 Å². The fourth-order valence-corrected chi connectivity index (χ4v) is 4.91. The van der Waals surface area contributed by atoms with Gasteiger partial charge in [0.1, 0.15) is 11.0 Å². The van der Waals surface area contributed by atoms with Crippen LogP contribution in [0.5, 0.6) is 5.75 Å². The number of nitrogens with zero attached hydrogens (tertiary/aromatic N) is 2. The van der Waals surface area contributed by atoms with Crippen molar-refractivity contribution in [3.05, 3.63) is 88.9 Å². The van der Waals surface area contributed by atoms with E-state index in [4.69, 9.17) is 21.3 Å². The topological polar surface area (TPSA) is 71.0 Å². The first-order chi connectivity index (χ1) is 16.9. The molecule has 4 rings (SSSR count). The van der Waals surface area contributed by atoms with Crippen molar-refractivity contribution in [3.8, 4) is 5.75 Å². The molecule has 1 aliphatic heterocycles. The number of methoxy groups -OCH3 is 1. The number of carbonyl (C=O) groups excluding carboxylic acids is 2. The number of rotatable bonds is 7. The number of aliphatic imine (C=N–C) groups is 1. The van der Waals surface area contributed by atoms with Crippen LogP contribution in [-0.2, 0) is 16.0 Å². The minimum atomic E-state index is -0.604. The predicted molar refractivity (Wildman–Crippen MR) is 143 cm³/mol. The van der Waals surface area contributed by atoms with Crippen LogP contribution in [0, 0.1) is 6.92 Å². The summed E-state index contributed by atoms with van der Waals surface area (Å²) in [4.78, 5) is 32.7. The minimum Gasteiger partial charge on any atom is -0.497 e. The van der Waals surface area contributed by atoms with E-state index in [-0.39, 0.29) is 18.2 Å². The van der Waals surface area contributed by atoms with Crippen LogP contribution in [0.1, 0.15) is 17.5 Å². The number of hydrogen-bond donors (Lipinski definition) is 1. The van der Waals surface area contributed by atoms with Crippen LogP contribution < -0.4 is 10.1 Å². The van der Waals surface area contributed by atoms with Gasteiger partial charge >= 0.3 is 0 Å². The fraction of sp³-hybridized carbons (Fsp3) is 0.222. The highest BCUT2D eigenvalue weighted by Gasteiger charge is 2.35. The van der Waals surface area contributed by atoms with Gasteiger partial charge in [0.15, 0.2) is 5.17 Å². The molecule has 0 aromatic heterocycles. The summed E-state index contributed by atoms with van der Waals surface area (Å²) in [5.74, 6) is 0.332. The second-order valence-corrected chi connectivity index (χ2v) is 9.71. The van der Waals surface area contributed by atoms with Gasteiger partial charge in [0, 0.05) is 23.7 Å². The smallest absolute Gasteiger partial charge is 0.238 e. The monoisotopic (exact) mass is 507 g/mol. The molecule has 0 spiro atoms. The van der Waals surface area contributed by atoms with E-state index in [1.54, 1.807) is 24.1 Å². The molecule has 1 heterocycles. The Morgan fingerprint density at radius 3 is 2.57 bits per heavy atom. The largest absolute Gasteiger partial charge is 0.497 e. The molecule has 0 aliphatic carbocycles. The SMILES string of the molecule is COc1ccc(N=C2SC(C(=O)Nc3ccc(C)c(Cl)c3)CC(=O)N2CCc2ccccc2)cc1. The molecule has 2 amide bonds.